The van der Waals surface area contributed by atoms with Crippen molar-refractivity contribution < 1.29 is 32.6 Å². The Labute approximate surface area is 251 Å². The van der Waals surface area contributed by atoms with Crippen molar-refractivity contribution in [3.05, 3.63) is 95.1 Å². The number of hydrogen-bond acceptors (Lipinski definition) is 8. The predicted octanol–water partition coefficient (Wildman–Crippen LogP) is 6.22. The molecular formula is C29H26ClN3O7S2. The number of carbonyl (C=O) groups is 2. The number of halogens is 1. The minimum atomic E-state index is -3.64. The van der Waals surface area contributed by atoms with E-state index in [0.717, 1.165) is 30.6 Å². The fraction of sp³-hybridized carbons (Fsp3) is 0.207. The number of rotatable bonds is 10. The lowest BCUT2D eigenvalue weighted by Crippen LogP contribution is -2.35. The summed E-state index contributed by atoms with van der Waals surface area (Å²) in [6, 6.07) is 18.5. The number of thiazole rings is 1. The average Bonchev–Trinajstić information content (AvgIpc) is 3.44. The summed E-state index contributed by atoms with van der Waals surface area (Å²) in [5.74, 6) is -0.788. The largest absolute Gasteiger partial charge is 0.478 e. The van der Waals surface area contributed by atoms with Crippen molar-refractivity contribution in [2.75, 3.05) is 18.4 Å². The van der Waals surface area contributed by atoms with Gasteiger partial charge >= 0.3 is 5.97 Å². The molecule has 13 heteroatoms. The Balaban J connectivity index is 1.34. The number of sulfonamides is 1. The molecule has 2 heterocycles. The van der Waals surface area contributed by atoms with E-state index in [2.05, 4.69) is 10.3 Å². The SMILES string of the molecule is O=C(O)c1ccc(Oc2cnc(NC(=O)C(Oc3ccc(Cl)cc3)c3ccc(S(=O)(=O)N4CCCCC4)cc3)s2)cc1. The van der Waals surface area contributed by atoms with Gasteiger partial charge in [-0.3, -0.25) is 10.1 Å². The number of hydrogen-bond donors (Lipinski definition) is 2. The number of ether oxygens (including phenoxy) is 2. The highest BCUT2D eigenvalue weighted by molar-refractivity contribution is 7.89. The molecule has 0 saturated carbocycles. The lowest BCUT2D eigenvalue weighted by Gasteiger charge is -2.26. The van der Waals surface area contributed by atoms with Crippen molar-refractivity contribution in [2.24, 2.45) is 0 Å². The maximum atomic E-state index is 13.5. The second-order valence-corrected chi connectivity index (χ2v) is 12.8. The number of aromatic carboxylic acids is 1. The van der Waals surface area contributed by atoms with Crippen LogP contribution >= 0.6 is 22.9 Å². The van der Waals surface area contributed by atoms with Crippen LogP contribution in [0.25, 0.3) is 0 Å². The summed E-state index contributed by atoms with van der Waals surface area (Å²) in [5.41, 5.74) is 0.565. The van der Waals surface area contributed by atoms with Gasteiger partial charge in [-0.15, -0.1) is 0 Å². The first kappa shape index (κ1) is 29.5. The van der Waals surface area contributed by atoms with Gasteiger partial charge in [-0.05, 0) is 73.5 Å². The minimum absolute atomic E-state index is 0.128. The summed E-state index contributed by atoms with van der Waals surface area (Å²) in [4.78, 5) is 28.9. The van der Waals surface area contributed by atoms with Gasteiger partial charge in [-0.2, -0.15) is 4.31 Å². The first-order valence-electron chi connectivity index (χ1n) is 13.0. The quantitative estimate of drug-likeness (QED) is 0.212. The molecule has 10 nitrogen and oxygen atoms in total. The van der Waals surface area contributed by atoms with Crippen LogP contribution in [0.2, 0.25) is 5.02 Å². The van der Waals surface area contributed by atoms with Gasteiger partial charge in [0.2, 0.25) is 21.2 Å². The van der Waals surface area contributed by atoms with E-state index in [9.17, 15) is 18.0 Å². The zero-order chi connectivity index (χ0) is 29.7. The zero-order valence-corrected chi connectivity index (χ0v) is 24.5. The molecule has 1 amide bonds. The van der Waals surface area contributed by atoms with Gasteiger partial charge in [0.15, 0.2) is 5.13 Å². The number of carboxylic acid groups (broad SMARTS) is 1. The molecule has 5 rings (SSSR count). The third kappa shape index (κ3) is 7.08. The first-order chi connectivity index (χ1) is 20.2. The zero-order valence-electron chi connectivity index (χ0n) is 22.1. The predicted molar refractivity (Wildman–Crippen MR) is 158 cm³/mol. The van der Waals surface area contributed by atoms with Crippen LogP contribution in [0.5, 0.6) is 16.6 Å². The Bertz CT molecular complexity index is 1650. The molecule has 0 aliphatic carbocycles. The Morgan fingerprint density at radius 1 is 0.929 bits per heavy atom. The fourth-order valence-corrected chi connectivity index (χ4v) is 6.64. The summed E-state index contributed by atoms with van der Waals surface area (Å²) >= 11 is 7.07. The van der Waals surface area contributed by atoms with Gasteiger partial charge in [-0.25, -0.2) is 18.2 Å². The van der Waals surface area contributed by atoms with Crippen molar-refractivity contribution in [3.8, 4) is 16.6 Å². The Morgan fingerprint density at radius 3 is 2.21 bits per heavy atom. The highest BCUT2D eigenvalue weighted by Gasteiger charge is 2.28. The molecule has 1 fully saturated rings. The molecule has 1 aliphatic heterocycles. The van der Waals surface area contributed by atoms with Crippen LogP contribution in [0, 0.1) is 0 Å². The highest BCUT2D eigenvalue weighted by atomic mass is 35.5. The number of anilines is 1. The van der Waals surface area contributed by atoms with Crippen molar-refractivity contribution in [1.29, 1.82) is 0 Å². The van der Waals surface area contributed by atoms with E-state index in [1.54, 1.807) is 36.4 Å². The number of benzene rings is 3. The minimum Gasteiger partial charge on any atom is -0.478 e. The van der Waals surface area contributed by atoms with Gasteiger partial charge in [0, 0.05) is 23.7 Å². The molecule has 1 unspecified atom stereocenters. The number of amides is 1. The highest BCUT2D eigenvalue weighted by Crippen LogP contribution is 2.32. The van der Waals surface area contributed by atoms with Crippen molar-refractivity contribution in [2.45, 2.75) is 30.3 Å². The van der Waals surface area contributed by atoms with E-state index in [-0.39, 0.29) is 15.6 Å². The van der Waals surface area contributed by atoms with Gasteiger partial charge in [0.1, 0.15) is 11.5 Å². The molecule has 1 saturated heterocycles. The molecule has 0 radical (unpaired) electrons. The molecular weight excluding hydrogens is 602 g/mol. The Kier molecular flexibility index (Phi) is 9.07. The lowest BCUT2D eigenvalue weighted by atomic mass is 10.1. The van der Waals surface area contributed by atoms with Crippen LogP contribution < -0.4 is 14.8 Å². The van der Waals surface area contributed by atoms with Gasteiger partial charge in [-0.1, -0.05) is 41.5 Å². The van der Waals surface area contributed by atoms with Gasteiger partial charge < -0.3 is 14.6 Å². The van der Waals surface area contributed by atoms with Crippen LogP contribution in [-0.4, -0.2) is 47.8 Å². The smallest absolute Gasteiger partial charge is 0.335 e. The van der Waals surface area contributed by atoms with Gasteiger partial charge in [0.05, 0.1) is 16.7 Å². The van der Waals surface area contributed by atoms with Crippen LogP contribution in [0.1, 0.15) is 41.3 Å². The summed E-state index contributed by atoms with van der Waals surface area (Å²) in [6.45, 7) is 0.976. The summed E-state index contributed by atoms with van der Waals surface area (Å²) in [5, 5.41) is 12.9. The molecule has 0 spiro atoms. The van der Waals surface area contributed by atoms with E-state index in [1.807, 2.05) is 0 Å². The third-order valence-electron chi connectivity index (χ3n) is 6.48. The number of aromatic nitrogens is 1. The molecule has 218 valence electrons. The first-order valence-corrected chi connectivity index (χ1v) is 15.6. The van der Waals surface area contributed by atoms with Crippen LogP contribution in [-0.2, 0) is 14.8 Å². The second-order valence-electron chi connectivity index (χ2n) is 9.39. The normalized spacial score (nSPS) is 14.6. The maximum absolute atomic E-state index is 13.5. The average molecular weight is 628 g/mol. The second kappa shape index (κ2) is 12.9. The molecule has 2 N–H and O–H groups in total. The van der Waals surface area contributed by atoms with Gasteiger partial charge in [0.25, 0.3) is 5.91 Å². The molecule has 3 aromatic carbocycles. The Morgan fingerprint density at radius 2 is 1.57 bits per heavy atom. The van der Waals surface area contributed by atoms with Crippen molar-refractivity contribution in [3.63, 3.8) is 0 Å². The van der Waals surface area contributed by atoms with E-state index in [1.165, 1.54) is 46.9 Å². The fourth-order valence-electron chi connectivity index (χ4n) is 4.31. The number of carbonyl (C=O) groups excluding carboxylic acids is 1. The topological polar surface area (TPSA) is 135 Å². The van der Waals surface area contributed by atoms with E-state index in [4.69, 9.17) is 26.2 Å². The lowest BCUT2D eigenvalue weighted by molar-refractivity contribution is -0.123. The van der Waals surface area contributed by atoms with Crippen LogP contribution in [0.15, 0.2) is 83.9 Å². The van der Waals surface area contributed by atoms with E-state index in [0.29, 0.717) is 40.2 Å². The standard InChI is InChI=1S/C29H26ClN3O7S2/c30-21-8-12-23(13-9-21)40-26(19-6-14-24(15-7-19)42(37,38)33-16-2-1-3-17-33)27(34)32-29-31-18-25(41-29)39-22-10-4-20(5-11-22)28(35)36/h4-15,18,26H,1-3,16-17H2,(H,35,36)(H,31,32,34). The number of nitrogens with zero attached hydrogens (tertiary/aromatic N) is 2. The van der Waals surface area contributed by atoms with Crippen molar-refractivity contribution >= 4 is 50.0 Å². The van der Waals surface area contributed by atoms with E-state index < -0.39 is 28.0 Å². The summed E-state index contributed by atoms with van der Waals surface area (Å²) in [7, 11) is -3.64. The number of piperidine rings is 1. The van der Waals surface area contributed by atoms with Crippen LogP contribution in [0.4, 0.5) is 5.13 Å². The number of nitrogens with one attached hydrogen (secondary N) is 1. The molecule has 1 atom stereocenters. The molecule has 4 aromatic rings. The number of carboxylic acids is 1. The maximum Gasteiger partial charge on any atom is 0.335 e. The summed E-state index contributed by atoms with van der Waals surface area (Å²) < 4.78 is 39.5. The molecule has 0 bridgehead atoms. The monoisotopic (exact) mass is 627 g/mol. The Hall–Kier alpha value is -3.97. The third-order valence-corrected chi connectivity index (χ3v) is 9.43. The molecule has 1 aromatic heterocycles. The van der Waals surface area contributed by atoms with Crippen molar-refractivity contribution in [1.82, 2.24) is 9.29 Å². The molecule has 1 aliphatic rings. The summed E-state index contributed by atoms with van der Waals surface area (Å²) in [6.07, 6.45) is 2.95. The van der Waals surface area contributed by atoms with E-state index >= 15 is 0 Å². The van der Waals surface area contributed by atoms with Crippen LogP contribution in [0.3, 0.4) is 0 Å². The molecule has 42 heavy (non-hydrogen) atoms.